The van der Waals surface area contributed by atoms with E-state index in [4.69, 9.17) is 10.5 Å². The second-order valence-electron chi connectivity index (χ2n) is 7.35. The summed E-state index contributed by atoms with van der Waals surface area (Å²) in [6.45, 7) is 8.95. The number of nitrogens with two attached hydrogens (primary N) is 1. The number of rotatable bonds is 5. The van der Waals surface area contributed by atoms with Gasteiger partial charge in [-0.1, -0.05) is 58.0 Å². The Morgan fingerprint density at radius 3 is 1.81 bits per heavy atom. The summed E-state index contributed by atoms with van der Waals surface area (Å²) in [6.07, 6.45) is 0. The van der Waals surface area contributed by atoms with Crippen molar-refractivity contribution in [3.05, 3.63) is 77.9 Å². The van der Waals surface area contributed by atoms with Gasteiger partial charge >= 0.3 is 0 Å². The van der Waals surface area contributed by atoms with Crippen molar-refractivity contribution in [1.29, 1.82) is 0 Å². The number of ether oxygens (including phenoxy) is 1. The lowest BCUT2D eigenvalue weighted by Gasteiger charge is -2.17. The molecule has 0 spiro atoms. The number of anilines is 1. The predicted molar refractivity (Wildman–Crippen MR) is 111 cm³/mol. The Kier molecular flexibility index (Phi) is 5.32. The zero-order valence-electron chi connectivity index (χ0n) is 16.0. The van der Waals surface area contributed by atoms with Gasteiger partial charge in [0.05, 0.1) is 0 Å². The van der Waals surface area contributed by atoms with Gasteiger partial charge in [-0.05, 0) is 70.5 Å². The molecule has 0 aliphatic rings. The monoisotopic (exact) mass is 345 g/mol. The molecule has 3 aromatic carbocycles. The van der Waals surface area contributed by atoms with Crippen LogP contribution in [0.15, 0.2) is 66.7 Å². The fraction of sp³-hybridized carbons (Fsp3) is 0.250. The Labute approximate surface area is 156 Å². The highest BCUT2D eigenvalue weighted by Gasteiger charge is 2.11. The van der Waals surface area contributed by atoms with Crippen LogP contribution in [0.5, 0.6) is 11.5 Å². The molecule has 0 unspecified atom stereocenters. The highest BCUT2D eigenvalue weighted by molar-refractivity contribution is 5.69. The third kappa shape index (κ3) is 4.08. The molecule has 0 amide bonds. The summed E-state index contributed by atoms with van der Waals surface area (Å²) < 4.78 is 5.91. The van der Waals surface area contributed by atoms with Gasteiger partial charge in [0.25, 0.3) is 0 Å². The van der Waals surface area contributed by atoms with Crippen LogP contribution in [-0.2, 0) is 0 Å². The molecular weight excluding hydrogens is 318 g/mol. The average molecular weight is 345 g/mol. The molecule has 0 aliphatic carbocycles. The topological polar surface area (TPSA) is 35.2 Å². The number of nitrogen functional groups attached to an aromatic ring is 1. The van der Waals surface area contributed by atoms with Crippen molar-refractivity contribution in [2.75, 3.05) is 5.73 Å². The van der Waals surface area contributed by atoms with Gasteiger partial charge in [0, 0.05) is 5.69 Å². The molecule has 134 valence electrons. The van der Waals surface area contributed by atoms with E-state index in [9.17, 15) is 0 Å². The first-order chi connectivity index (χ1) is 12.4. The lowest BCUT2D eigenvalue weighted by molar-refractivity contribution is 0.483. The summed E-state index contributed by atoms with van der Waals surface area (Å²) in [5.74, 6) is 2.61. The fourth-order valence-corrected chi connectivity index (χ4v) is 3.06. The summed E-state index contributed by atoms with van der Waals surface area (Å²) in [5.41, 5.74) is 11.7. The molecule has 0 aromatic heterocycles. The van der Waals surface area contributed by atoms with Crippen molar-refractivity contribution >= 4 is 5.69 Å². The minimum absolute atomic E-state index is 0.483. The summed E-state index contributed by atoms with van der Waals surface area (Å²) in [6, 6.07) is 22.6. The lowest BCUT2D eigenvalue weighted by Crippen LogP contribution is -1.96. The normalized spacial score (nSPS) is 11.2. The first-order valence-electron chi connectivity index (χ1n) is 9.21. The molecule has 3 rings (SSSR count). The second-order valence-corrected chi connectivity index (χ2v) is 7.35. The highest BCUT2D eigenvalue weighted by Crippen LogP contribution is 2.33. The summed E-state index contributed by atoms with van der Waals surface area (Å²) >= 11 is 0. The van der Waals surface area contributed by atoms with Gasteiger partial charge in [0.1, 0.15) is 11.5 Å². The smallest absolute Gasteiger partial charge is 0.127 e. The van der Waals surface area contributed by atoms with E-state index in [0.29, 0.717) is 11.8 Å². The standard InChI is InChI=1S/C24H27NO/c1-16(2)19-7-14-23(17(3)4)24(15-19)18-5-10-21(11-6-18)26-22-12-8-20(25)9-13-22/h5-17H,25H2,1-4H3. The molecule has 0 fully saturated rings. The van der Waals surface area contributed by atoms with E-state index in [1.165, 1.54) is 22.3 Å². The average Bonchev–Trinajstić information content (AvgIpc) is 2.63. The molecule has 0 aliphatic heterocycles. The summed E-state index contributed by atoms with van der Waals surface area (Å²) in [7, 11) is 0. The Morgan fingerprint density at radius 1 is 0.692 bits per heavy atom. The molecule has 0 bridgehead atoms. The van der Waals surface area contributed by atoms with E-state index >= 15 is 0 Å². The maximum atomic E-state index is 5.91. The van der Waals surface area contributed by atoms with Crippen molar-refractivity contribution < 1.29 is 4.74 Å². The second kappa shape index (κ2) is 7.65. The Balaban J connectivity index is 1.90. The number of hydrogen-bond acceptors (Lipinski definition) is 2. The van der Waals surface area contributed by atoms with Crippen LogP contribution in [0, 0.1) is 0 Å². The van der Waals surface area contributed by atoms with Gasteiger partial charge in [0.2, 0.25) is 0 Å². The SMILES string of the molecule is CC(C)c1ccc(C(C)C)c(-c2ccc(Oc3ccc(N)cc3)cc2)c1. The van der Waals surface area contributed by atoms with Crippen molar-refractivity contribution in [3.63, 3.8) is 0 Å². The van der Waals surface area contributed by atoms with Crippen molar-refractivity contribution in [2.24, 2.45) is 0 Å². The first kappa shape index (κ1) is 18.1. The van der Waals surface area contributed by atoms with Crippen LogP contribution in [0.2, 0.25) is 0 Å². The zero-order valence-corrected chi connectivity index (χ0v) is 16.0. The van der Waals surface area contributed by atoms with Crippen molar-refractivity contribution in [1.82, 2.24) is 0 Å². The highest BCUT2D eigenvalue weighted by atomic mass is 16.5. The van der Waals surface area contributed by atoms with Crippen molar-refractivity contribution in [3.8, 4) is 22.6 Å². The van der Waals surface area contributed by atoms with Gasteiger partial charge in [-0.15, -0.1) is 0 Å². The van der Waals surface area contributed by atoms with E-state index < -0.39 is 0 Å². The Bertz CT molecular complexity index is 862. The van der Waals surface area contributed by atoms with Gasteiger partial charge in [-0.25, -0.2) is 0 Å². The molecule has 2 heteroatoms. The minimum Gasteiger partial charge on any atom is -0.457 e. The van der Waals surface area contributed by atoms with E-state index in [1.54, 1.807) is 0 Å². The Hall–Kier alpha value is -2.74. The Morgan fingerprint density at radius 2 is 1.27 bits per heavy atom. The molecular formula is C24H27NO. The maximum absolute atomic E-state index is 5.91. The van der Waals surface area contributed by atoms with Crippen LogP contribution in [-0.4, -0.2) is 0 Å². The van der Waals surface area contributed by atoms with Gasteiger partial charge in [-0.2, -0.15) is 0 Å². The maximum Gasteiger partial charge on any atom is 0.127 e. The van der Waals surface area contributed by atoms with E-state index in [2.05, 4.69) is 58.0 Å². The molecule has 0 saturated carbocycles. The van der Waals surface area contributed by atoms with Gasteiger partial charge < -0.3 is 10.5 Å². The lowest BCUT2D eigenvalue weighted by atomic mass is 9.89. The van der Waals surface area contributed by atoms with Crippen LogP contribution in [0.25, 0.3) is 11.1 Å². The fourth-order valence-electron chi connectivity index (χ4n) is 3.06. The molecule has 0 atom stereocenters. The van der Waals surface area contributed by atoms with E-state index in [0.717, 1.165) is 17.2 Å². The van der Waals surface area contributed by atoms with Gasteiger partial charge in [-0.3, -0.25) is 0 Å². The zero-order chi connectivity index (χ0) is 18.7. The van der Waals surface area contributed by atoms with Crippen LogP contribution < -0.4 is 10.5 Å². The molecule has 0 radical (unpaired) electrons. The first-order valence-corrected chi connectivity index (χ1v) is 9.21. The van der Waals surface area contributed by atoms with Crippen LogP contribution >= 0.6 is 0 Å². The summed E-state index contributed by atoms with van der Waals surface area (Å²) in [4.78, 5) is 0. The number of benzene rings is 3. The molecule has 26 heavy (non-hydrogen) atoms. The molecule has 0 saturated heterocycles. The van der Waals surface area contributed by atoms with Gasteiger partial charge in [0.15, 0.2) is 0 Å². The predicted octanol–water partition coefficient (Wildman–Crippen LogP) is 6.97. The van der Waals surface area contributed by atoms with Crippen LogP contribution in [0.4, 0.5) is 5.69 Å². The third-order valence-electron chi connectivity index (χ3n) is 4.65. The van der Waals surface area contributed by atoms with Crippen molar-refractivity contribution in [2.45, 2.75) is 39.5 Å². The number of hydrogen-bond donors (Lipinski definition) is 1. The van der Waals surface area contributed by atoms with E-state index in [-0.39, 0.29) is 0 Å². The minimum atomic E-state index is 0.483. The quantitative estimate of drug-likeness (QED) is 0.506. The molecule has 0 heterocycles. The molecule has 2 nitrogen and oxygen atoms in total. The molecule has 2 N–H and O–H groups in total. The van der Waals surface area contributed by atoms with E-state index in [1.807, 2.05) is 36.4 Å². The van der Waals surface area contributed by atoms with Crippen LogP contribution in [0.3, 0.4) is 0 Å². The largest absolute Gasteiger partial charge is 0.457 e. The summed E-state index contributed by atoms with van der Waals surface area (Å²) in [5, 5.41) is 0. The van der Waals surface area contributed by atoms with Crippen LogP contribution in [0.1, 0.15) is 50.7 Å². The third-order valence-corrected chi connectivity index (χ3v) is 4.65. The molecule has 3 aromatic rings.